The number of amides is 1. The summed E-state index contributed by atoms with van der Waals surface area (Å²) in [5.74, 6) is 2.15. The van der Waals surface area contributed by atoms with Gasteiger partial charge < -0.3 is 20.1 Å². The zero-order valence-electron chi connectivity index (χ0n) is 25.8. The molecule has 1 unspecified atom stereocenters. The Bertz CT molecular complexity index is 1710. The predicted octanol–water partition coefficient (Wildman–Crippen LogP) is 9.19. The highest BCUT2D eigenvalue weighted by atomic mass is 79.9. The van der Waals surface area contributed by atoms with E-state index < -0.39 is 6.04 Å². The van der Waals surface area contributed by atoms with Crippen LogP contribution in [-0.2, 0) is 10.5 Å². The molecule has 236 valence electrons. The number of fused-ring (bicyclic) bond motifs is 1. The maximum Gasteiger partial charge on any atom is 0.255 e. The Hall–Kier alpha value is -3.47. The van der Waals surface area contributed by atoms with Crippen molar-refractivity contribution in [1.82, 2.24) is 14.8 Å². The number of rotatable bonds is 13. The molecule has 0 saturated heterocycles. The molecule has 0 saturated carbocycles. The van der Waals surface area contributed by atoms with Gasteiger partial charge in [0.15, 0.2) is 11.5 Å². The molecule has 0 spiro atoms. The fourth-order valence-corrected chi connectivity index (χ4v) is 6.84. The Morgan fingerprint density at radius 3 is 2.67 bits per heavy atom. The molecule has 1 aliphatic rings. The zero-order chi connectivity index (χ0) is 31.9. The van der Waals surface area contributed by atoms with Crippen LogP contribution in [0.1, 0.15) is 62.8 Å². The fourth-order valence-electron chi connectivity index (χ4n) is 5.15. The molecule has 8 nitrogen and oxygen atoms in total. The normalized spacial score (nSPS) is 14.1. The molecule has 1 aliphatic heterocycles. The maximum absolute atomic E-state index is 14.0. The number of ether oxygens (including phenoxy) is 2. The lowest BCUT2D eigenvalue weighted by molar-refractivity contribution is -0.113. The summed E-state index contributed by atoms with van der Waals surface area (Å²) in [7, 11) is 0. The van der Waals surface area contributed by atoms with Crippen molar-refractivity contribution in [1.29, 1.82) is 0 Å². The number of unbranched alkanes of at least 4 members (excludes halogenated alkanes) is 2. The summed E-state index contributed by atoms with van der Waals surface area (Å²) in [6.45, 7) is 9.03. The van der Waals surface area contributed by atoms with Gasteiger partial charge in [-0.05, 0) is 90.1 Å². The number of anilines is 2. The molecule has 0 bridgehead atoms. The monoisotopic (exact) mass is 709 g/mol. The number of benzene rings is 3. The first-order chi connectivity index (χ1) is 21.8. The van der Waals surface area contributed by atoms with Crippen LogP contribution in [-0.4, -0.2) is 33.9 Å². The van der Waals surface area contributed by atoms with Crippen molar-refractivity contribution in [3.63, 3.8) is 0 Å². The molecule has 11 heteroatoms. The van der Waals surface area contributed by atoms with E-state index in [0.29, 0.717) is 63.6 Å². The minimum atomic E-state index is -0.599. The standard InChI is InChI=1S/C34H37BrClN5O3S/c1-5-7-10-16-44-31-26(35)18-24(19-28(31)43-6-2)30-29(32(42)38-25-14-11-12-21(3)17-25)22(4)37-33-39-34(40-41(30)33)45-20-23-13-8-9-15-27(23)36/h8-9,11-15,17-19,30H,5-7,10,16,20H2,1-4H3,(H,38,42)(H,37,39,40). The first-order valence-corrected chi connectivity index (χ1v) is 17.2. The van der Waals surface area contributed by atoms with Gasteiger partial charge in [0.05, 0.1) is 23.3 Å². The molecule has 5 rings (SSSR count). The third kappa shape index (κ3) is 7.85. The number of carbonyl (C=O) groups excluding carboxylic acids is 1. The molecule has 4 aromatic rings. The van der Waals surface area contributed by atoms with Gasteiger partial charge in [0.2, 0.25) is 11.1 Å². The lowest BCUT2D eigenvalue weighted by atomic mass is 9.94. The SMILES string of the molecule is CCCCCOc1c(Br)cc(C2C(C(=O)Nc3cccc(C)c3)=C(C)Nc3nc(SCc4ccccc4Cl)nn32)cc1OCC. The Morgan fingerprint density at radius 2 is 1.91 bits per heavy atom. The van der Waals surface area contributed by atoms with E-state index in [-0.39, 0.29) is 5.91 Å². The first kappa shape index (κ1) is 32.9. The van der Waals surface area contributed by atoms with Crippen LogP contribution in [0.3, 0.4) is 0 Å². The Balaban J connectivity index is 1.55. The van der Waals surface area contributed by atoms with Crippen molar-refractivity contribution in [2.75, 3.05) is 23.8 Å². The molecule has 1 aromatic heterocycles. The van der Waals surface area contributed by atoms with Crippen molar-refractivity contribution in [2.24, 2.45) is 0 Å². The van der Waals surface area contributed by atoms with Crippen LogP contribution in [0.4, 0.5) is 11.6 Å². The van der Waals surface area contributed by atoms with E-state index in [2.05, 4.69) is 33.5 Å². The van der Waals surface area contributed by atoms with Gasteiger partial charge in [0.25, 0.3) is 5.91 Å². The van der Waals surface area contributed by atoms with E-state index in [9.17, 15) is 4.79 Å². The van der Waals surface area contributed by atoms with E-state index in [1.807, 2.05) is 81.4 Å². The molecular weight excluding hydrogens is 674 g/mol. The number of allylic oxidation sites excluding steroid dienone is 1. The molecule has 0 fully saturated rings. The fraction of sp³-hybridized carbons (Fsp3) is 0.324. The van der Waals surface area contributed by atoms with Gasteiger partial charge in [-0.25, -0.2) is 4.68 Å². The molecule has 45 heavy (non-hydrogen) atoms. The highest BCUT2D eigenvalue weighted by molar-refractivity contribution is 9.10. The summed E-state index contributed by atoms with van der Waals surface area (Å²) in [6, 6.07) is 18.8. The molecule has 0 radical (unpaired) electrons. The third-order valence-electron chi connectivity index (χ3n) is 7.31. The number of aryl methyl sites for hydroxylation is 1. The van der Waals surface area contributed by atoms with Crippen LogP contribution in [0.2, 0.25) is 5.02 Å². The summed E-state index contributed by atoms with van der Waals surface area (Å²) in [6.07, 6.45) is 3.15. The number of thioether (sulfide) groups is 1. The number of nitrogens with one attached hydrogen (secondary N) is 2. The van der Waals surface area contributed by atoms with Crippen molar-refractivity contribution in [3.8, 4) is 11.5 Å². The summed E-state index contributed by atoms with van der Waals surface area (Å²) < 4.78 is 14.8. The van der Waals surface area contributed by atoms with Crippen LogP contribution in [0, 0.1) is 6.92 Å². The van der Waals surface area contributed by atoms with Gasteiger partial charge in [0, 0.05) is 22.2 Å². The molecule has 2 heterocycles. The maximum atomic E-state index is 14.0. The lowest BCUT2D eigenvalue weighted by Gasteiger charge is -2.29. The Kier molecular flexibility index (Phi) is 11.1. The molecular formula is C34H37BrClN5O3S. The number of hydrogen-bond acceptors (Lipinski definition) is 7. The van der Waals surface area contributed by atoms with E-state index >= 15 is 0 Å². The van der Waals surface area contributed by atoms with E-state index in [1.165, 1.54) is 11.8 Å². The van der Waals surface area contributed by atoms with Crippen molar-refractivity contribution in [3.05, 3.63) is 98.1 Å². The van der Waals surface area contributed by atoms with E-state index in [0.717, 1.165) is 40.4 Å². The second-order valence-electron chi connectivity index (χ2n) is 10.8. The molecule has 3 aromatic carbocycles. The van der Waals surface area contributed by atoms with Crippen molar-refractivity contribution >= 4 is 56.8 Å². The van der Waals surface area contributed by atoms with E-state index in [4.69, 9.17) is 31.2 Å². The predicted molar refractivity (Wildman–Crippen MR) is 186 cm³/mol. The van der Waals surface area contributed by atoms with Gasteiger partial charge in [-0.15, -0.1) is 5.10 Å². The molecule has 2 N–H and O–H groups in total. The number of nitrogens with zero attached hydrogens (tertiary/aromatic N) is 3. The highest BCUT2D eigenvalue weighted by Crippen LogP contribution is 2.43. The van der Waals surface area contributed by atoms with Gasteiger partial charge in [-0.1, -0.05) is 73.5 Å². The smallest absolute Gasteiger partial charge is 0.255 e. The van der Waals surface area contributed by atoms with Crippen molar-refractivity contribution < 1.29 is 14.3 Å². The second-order valence-corrected chi connectivity index (χ2v) is 13.0. The molecule has 1 amide bonds. The highest BCUT2D eigenvalue weighted by Gasteiger charge is 2.35. The van der Waals surface area contributed by atoms with Crippen molar-refractivity contribution in [2.45, 2.75) is 63.9 Å². The van der Waals surface area contributed by atoms with Gasteiger partial charge >= 0.3 is 0 Å². The molecule has 0 aliphatic carbocycles. The van der Waals surface area contributed by atoms with Gasteiger partial charge in [-0.2, -0.15) is 4.98 Å². The topological polar surface area (TPSA) is 90.3 Å². The summed E-state index contributed by atoms with van der Waals surface area (Å²) >= 11 is 11.6. The van der Waals surface area contributed by atoms with Crippen LogP contribution >= 0.6 is 39.3 Å². The number of hydrogen-bond donors (Lipinski definition) is 2. The average molecular weight is 711 g/mol. The largest absolute Gasteiger partial charge is 0.490 e. The minimum Gasteiger partial charge on any atom is -0.490 e. The summed E-state index contributed by atoms with van der Waals surface area (Å²) in [4.78, 5) is 18.8. The zero-order valence-corrected chi connectivity index (χ0v) is 29.0. The lowest BCUT2D eigenvalue weighted by Crippen LogP contribution is -2.31. The van der Waals surface area contributed by atoms with Gasteiger partial charge in [-0.3, -0.25) is 4.79 Å². The Morgan fingerprint density at radius 1 is 1.09 bits per heavy atom. The second kappa shape index (κ2) is 15.2. The number of aromatic nitrogens is 3. The average Bonchev–Trinajstić information content (AvgIpc) is 3.41. The summed E-state index contributed by atoms with van der Waals surface area (Å²) in [5, 5.41) is 12.6. The minimum absolute atomic E-state index is 0.240. The van der Waals surface area contributed by atoms with Gasteiger partial charge in [0.1, 0.15) is 6.04 Å². The van der Waals surface area contributed by atoms with Crippen LogP contribution in [0.15, 0.2) is 81.6 Å². The van der Waals surface area contributed by atoms with Crippen LogP contribution < -0.4 is 20.1 Å². The number of halogens is 2. The van der Waals surface area contributed by atoms with Crippen LogP contribution in [0.5, 0.6) is 11.5 Å². The quantitative estimate of drug-likeness (QED) is 0.106. The van der Waals surface area contributed by atoms with Crippen LogP contribution in [0.25, 0.3) is 0 Å². The Labute approximate surface area is 282 Å². The van der Waals surface area contributed by atoms with E-state index in [1.54, 1.807) is 4.68 Å². The first-order valence-electron chi connectivity index (χ1n) is 15.1. The third-order valence-corrected chi connectivity index (χ3v) is 9.15. The summed E-state index contributed by atoms with van der Waals surface area (Å²) in [5.41, 5.74) is 4.76. The number of carbonyl (C=O) groups is 1. The molecule has 1 atom stereocenters.